The Morgan fingerprint density at radius 3 is 2.40 bits per heavy atom. The van der Waals surface area contributed by atoms with Crippen molar-refractivity contribution in [3.63, 3.8) is 0 Å². The second-order valence-electron chi connectivity index (χ2n) is 5.94. The normalized spacial score (nSPS) is 11.6. The lowest BCUT2D eigenvalue weighted by molar-refractivity contribution is -0.123. The lowest BCUT2D eigenvalue weighted by Gasteiger charge is -2.23. The Balaban J connectivity index is 2.97. The van der Waals surface area contributed by atoms with E-state index in [9.17, 15) is 9.59 Å². The first-order chi connectivity index (χ1) is 9.16. The zero-order valence-electron chi connectivity index (χ0n) is 13.0. The van der Waals surface area contributed by atoms with Crippen molar-refractivity contribution in [1.29, 1.82) is 0 Å². The molecule has 1 aromatic heterocycles. The Morgan fingerprint density at radius 2 is 2.00 bits per heavy atom. The fourth-order valence-electron chi connectivity index (χ4n) is 1.72. The van der Waals surface area contributed by atoms with Gasteiger partial charge in [0.1, 0.15) is 0 Å². The molecule has 6 heteroatoms. The molecule has 1 aromatic rings. The molecule has 0 fully saturated rings. The number of nitrogens with zero attached hydrogens (tertiary/aromatic N) is 2. The largest absolute Gasteiger partial charge is 0.451 e. The number of carbonyl (C=O) groups excluding carboxylic acids is 2. The zero-order valence-corrected chi connectivity index (χ0v) is 13.0. The topological polar surface area (TPSA) is 73.2 Å². The van der Waals surface area contributed by atoms with Crippen LogP contribution in [-0.2, 0) is 15.1 Å². The van der Waals surface area contributed by atoms with Gasteiger partial charge in [-0.3, -0.25) is 9.48 Å². The van der Waals surface area contributed by atoms with Crippen molar-refractivity contribution < 1.29 is 14.3 Å². The van der Waals surface area contributed by atoms with Crippen LogP contribution >= 0.6 is 0 Å². The minimum atomic E-state index is -0.585. The van der Waals surface area contributed by atoms with Crippen LogP contribution in [0, 0.1) is 0 Å². The summed E-state index contributed by atoms with van der Waals surface area (Å²) >= 11 is 0. The maximum absolute atomic E-state index is 11.9. The van der Waals surface area contributed by atoms with E-state index in [4.69, 9.17) is 4.74 Å². The van der Waals surface area contributed by atoms with E-state index in [1.54, 1.807) is 6.07 Å². The summed E-state index contributed by atoms with van der Waals surface area (Å²) in [5.41, 5.74) is 0.968. The van der Waals surface area contributed by atoms with Crippen molar-refractivity contribution in [2.45, 2.75) is 46.1 Å². The van der Waals surface area contributed by atoms with Gasteiger partial charge < -0.3 is 10.1 Å². The molecule has 0 saturated carbocycles. The molecule has 1 N–H and O–H groups in total. The molecule has 0 aliphatic heterocycles. The van der Waals surface area contributed by atoms with Crippen LogP contribution in [0.25, 0.3) is 0 Å². The highest BCUT2D eigenvalue weighted by Crippen LogP contribution is 2.23. The van der Waals surface area contributed by atoms with Gasteiger partial charge in [0.2, 0.25) is 0 Å². The lowest BCUT2D eigenvalue weighted by atomic mass is 10.1. The molecule has 6 nitrogen and oxygen atoms in total. The predicted octanol–water partition coefficient (Wildman–Crippen LogP) is 1.66. The number of rotatable bonds is 4. The molecular formula is C14H23N3O3. The molecule has 20 heavy (non-hydrogen) atoms. The molecule has 112 valence electrons. The maximum atomic E-state index is 11.9. The van der Waals surface area contributed by atoms with Gasteiger partial charge in [0.15, 0.2) is 12.3 Å². The van der Waals surface area contributed by atoms with Crippen LogP contribution in [0.2, 0.25) is 0 Å². The fraction of sp³-hybridized carbons (Fsp3) is 0.643. The Labute approximate surface area is 119 Å². The van der Waals surface area contributed by atoms with Crippen molar-refractivity contribution in [3.05, 3.63) is 17.5 Å². The van der Waals surface area contributed by atoms with Gasteiger partial charge in [-0.05, 0) is 32.8 Å². The third-order valence-corrected chi connectivity index (χ3v) is 2.79. The zero-order chi connectivity index (χ0) is 15.5. The molecule has 1 rings (SSSR count). The number of hydrogen-bond acceptors (Lipinski definition) is 4. The summed E-state index contributed by atoms with van der Waals surface area (Å²) < 4.78 is 6.74. The summed E-state index contributed by atoms with van der Waals surface area (Å²) in [6, 6.07) is 1.72. The van der Waals surface area contributed by atoms with Crippen molar-refractivity contribution in [3.8, 4) is 0 Å². The predicted molar refractivity (Wildman–Crippen MR) is 75.7 cm³/mol. The monoisotopic (exact) mass is 281 g/mol. The van der Waals surface area contributed by atoms with Crippen LogP contribution in [0.1, 0.15) is 56.7 Å². The first kappa shape index (κ1) is 16.2. The quantitative estimate of drug-likeness (QED) is 0.852. The second kappa shape index (κ2) is 6.07. The first-order valence-corrected chi connectivity index (χ1v) is 6.65. The number of likely N-dealkylation sites (N-methyl/N-ethyl adjacent to an activating group) is 1. The molecular weight excluding hydrogens is 258 g/mol. The minimum Gasteiger partial charge on any atom is -0.451 e. The summed E-state index contributed by atoms with van der Waals surface area (Å²) in [6.07, 6.45) is 0. The Hall–Kier alpha value is -1.85. The van der Waals surface area contributed by atoms with Crippen molar-refractivity contribution in [2.75, 3.05) is 13.7 Å². The summed E-state index contributed by atoms with van der Waals surface area (Å²) in [7, 11) is 1.49. The van der Waals surface area contributed by atoms with E-state index in [0.29, 0.717) is 0 Å². The average molecular weight is 281 g/mol. The van der Waals surface area contributed by atoms with Gasteiger partial charge in [0.05, 0.1) is 5.54 Å². The van der Waals surface area contributed by atoms with Gasteiger partial charge in [-0.2, -0.15) is 5.10 Å². The highest BCUT2D eigenvalue weighted by molar-refractivity contribution is 5.89. The standard InChI is InChI=1S/C14H23N3O3/c1-9(2)11-7-10(16-17(11)14(3,4)5)13(19)20-8-12(18)15-6/h7,9H,8H2,1-6H3,(H,15,18). The SMILES string of the molecule is CNC(=O)COC(=O)c1cc(C(C)C)n(C(C)(C)C)n1. The van der Waals surface area contributed by atoms with E-state index in [2.05, 4.69) is 10.4 Å². The van der Waals surface area contributed by atoms with Crippen LogP contribution in [0.15, 0.2) is 6.07 Å². The van der Waals surface area contributed by atoms with Gasteiger partial charge in [-0.1, -0.05) is 13.8 Å². The highest BCUT2D eigenvalue weighted by atomic mass is 16.5. The van der Waals surface area contributed by atoms with Crippen molar-refractivity contribution >= 4 is 11.9 Å². The van der Waals surface area contributed by atoms with Crippen LogP contribution in [0.5, 0.6) is 0 Å². The van der Waals surface area contributed by atoms with E-state index < -0.39 is 5.97 Å². The van der Waals surface area contributed by atoms with Gasteiger partial charge >= 0.3 is 5.97 Å². The van der Waals surface area contributed by atoms with E-state index >= 15 is 0 Å². The lowest BCUT2D eigenvalue weighted by Crippen LogP contribution is -2.27. The number of aromatic nitrogens is 2. The Morgan fingerprint density at radius 1 is 1.40 bits per heavy atom. The molecule has 0 unspecified atom stereocenters. The molecule has 1 amide bonds. The number of hydrogen-bond donors (Lipinski definition) is 1. The van der Waals surface area contributed by atoms with Crippen LogP contribution in [-0.4, -0.2) is 35.3 Å². The van der Waals surface area contributed by atoms with Crippen molar-refractivity contribution in [2.24, 2.45) is 0 Å². The van der Waals surface area contributed by atoms with Crippen LogP contribution < -0.4 is 5.32 Å². The molecule has 1 heterocycles. The van der Waals surface area contributed by atoms with E-state index in [-0.39, 0.29) is 29.7 Å². The summed E-state index contributed by atoms with van der Waals surface area (Å²) in [4.78, 5) is 23.0. The van der Waals surface area contributed by atoms with Crippen molar-refractivity contribution in [1.82, 2.24) is 15.1 Å². The average Bonchev–Trinajstić information content (AvgIpc) is 2.80. The summed E-state index contributed by atoms with van der Waals surface area (Å²) in [6.45, 7) is 9.84. The van der Waals surface area contributed by atoms with Gasteiger partial charge in [-0.25, -0.2) is 4.79 Å². The maximum Gasteiger partial charge on any atom is 0.359 e. The van der Waals surface area contributed by atoms with Crippen LogP contribution in [0.3, 0.4) is 0 Å². The second-order valence-corrected chi connectivity index (χ2v) is 5.94. The smallest absolute Gasteiger partial charge is 0.359 e. The molecule has 0 aliphatic carbocycles. The molecule has 0 saturated heterocycles. The number of ether oxygens (including phenoxy) is 1. The number of nitrogens with one attached hydrogen (secondary N) is 1. The fourth-order valence-corrected chi connectivity index (χ4v) is 1.72. The van der Waals surface area contributed by atoms with E-state index in [1.165, 1.54) is 7.05 Å². The Bertz CT molecular complexity index is 498. The molecule has 0 aliphatic rings. The highest BCUT2D eigenvalue weighted by Gasteiger charge is 2.24. The summed E-state index contributed by atoms with van der Waals surface area (Å²) in [5, 5.41) is 6.71. The minimum absolute atomic E-state index is 0.223. The van der Waals surface area contributed by atoms with Crippen LogP contribution in [0.4, 0.5) is 0 Å². The third-order valence-electron chi connectivity index (χ3n) is 2.79. The summed E-state index contributed by atoms with van der Waals surface area (Å²) in [5.74, 6) is -0.696. The van der Waals surface area contributed by atoms with E-state index in [1.807, 2.05) is 39.3 Å². The number of amides is 1. The first-order valence-electron chi connectivity index (χ1n) is 6.65. The van der Waals surface area contributed by atoms with Gasteiger partial charge in [0, 0.05) is 12.7 Å². The third kappa shape index (κ3) is 3.82. The number of carbonyl (C=O) groups is 2. The van der Waals surface area contributed by atoms with Gasteiger partial charge in [0.25, 0.3) is 5.91 Å². The molecule has 0 spiro atoms. The Kier molecular flexibility index (Phi) is 4.92. The molecule has 0 atom stereocenters. The molecule has 0 radical (unpaired) electrons. The number of esters is 1. The van der Waals surface area contributed by atoms with Gasteiger partial charge in [-0.15, -0.1) is 0 Å². The molecule has 0 aromatic carbocycles. The molecule has 0 bridgehead atoms. The van der Waals surface area contributed by atoms with E-state index in [0.717, 1.165) is 5.69 Å².